The van der Waals surface area contributed by atoms with Gasteiger partial charge >= 0.3 is 6.03 Å². The number of carbonyl (C=O) groups is 1. The molecule has 1 N–H and O–H groups in total. The van der Waals surface area contributed by atoms with Gasteiger partial charge < -0.3 is 14.4 Å². The Labute approximate surface area is 198 Å². The van der Waals surface area contributed by atoms with E-state index in [-0.39, 0.29) is 0 Å². The van der Waals surface area contributed by atoms with Crippen LogP contribution in [0, 0.1) is 11.3 Å². The van der Waals surface area contributed by atoms with Gasteiger partial charge in [0.05, 0.1) is 37.4 Å². The highest BCUT2D eigenvalue weighted by Crippen LogP contribution is 2.37. The molecule has 0 bridgehead atoms. The molecule has 0 radical (unpaired) electrons. The first-order valence-electron chi connectivity index (χ1n) is 10.9. The highest BCUT2D eigenvalue weighted by atomic mass is 16.5. The zero-order chi connectivity index (χ0) is 24.3. The van der Waals surface area contributed by atoms with Crippen molar-refractivity contribution in [1.29, 1.82) is 5.26 Å². The number of benzene rings is 2. The second-order valence-corrected chi connectivity index (χ2v) is 8.24. The Morgan fingerprint density at radius 1 is 1.06 bits per heavy atom. The third kappa shape index (κ3) is 4.28. The minimum Gasteiger partial charge on any atom is -0.497 e. The predicted octanol–water partition coefficient (Wildman–Crippen LogP) is 3.85. The summed E-state index contributed by atoms with van der Waals surface area (Å²) in [7, 11) is 4.54. The van der Waals surface area contributed by atoms with Crippen LogP contribution in [0.2, 0.25) is 0 Å². The smallest absolute Gasteiger partial charge is 0.343 e. The monoisotopic (exact) mass is 461 g/mol. The van der Waals surface area contributed by atoms with Crippen molar-refractivity contribution in [2.45, 2.75) is 18.3 Å². The number of hydrogen-bond donors (Lipinski definition) is 1. The molecule has 0 atom stereocenters. The SMILES string of the molecule is COc1ccc(-c2cc(C3(C#N)CCN(C(=O)N(C)O)CC3)nn2-c2ccc(OC)cc2)cc1. The van der Waals surface area contributed by atoms with Crippen LogP contribution in [-0.2, 0) is 5.41 Å². The molecule has 1 aromatic heterocycles. The average Bonchev–Trinajstić information content (AvgIpc) is 3.34. The van der Waals surface area contributed by atoms with E-state index >= 15 is 0 Å². The molecular weight excluding hydrogens is 434 g/mol. The molecule has 9 nitrogen and oxygen atoms in total. The molecule has 9 heteroatoms. The molecule has 2 heterocycles. The van der Waals surface area contributed by atoms with Crippen molar-refractivity contribution in [3.05, 3.63) is 60.3 Å². The number of aromatic nitrogens is 2. The first-order chi connectivity index (χ1) is 16.4. The molecule has 1 saturated heterocycles. The maximum absolute atomic E-state index is 12.1. The van der Waals surface area contributed by atoms with E-state index in [1.807, 2.05) is 59.3 Å². The van der Waals surface area contributed by atoms with Crippen molar-refractivity contribution in [3.8, 4) is 34.5 Å². The number of nitrogens with zero attached hydrogens (tertiary/aromatic N) is 5. The van der Waals surface area contributed by atoms with Crippen LogP contribution in [0.1, 0.15) is 18.5 Å². The highest BCUT2D eigenvalue weighted by molar-refractivity contribution is 5.73. The van der Waals surface area contributed by atoms with Gasteiger partial charge in [-0.15, -0.1) is 0 Å². The Kier molecular flexibility index (Phi) is 6.43. The minimum absolute atomic E-state index is 0.352. The number of urea groups is 1. The van der Waals surface area contributed by atoms with Gasteiger partial charge in [0.2, 0.25) is 0 Å². The summed E-state index contributed by atoms with van der Waals surface area (Å²) >= 11 is 0. The van der Waals surface area contributed by atoms with Crippen LogP contribution < -0.4 is 9.47 Å². The second-order valence-electron chi connectivity index (χ2n) is 8.24. The number of ether oxygens (including phenoxy) is 2. The lowest BCUT2D eigenvalue weighted by molar-refractivity contribution is -0.0365. The molecule has 1 aliphatic rings. The van der Waals surface area contributed by atoms with Gasteiger partial charge in [-0.05, 0) is 67.4 Å². The summed E-state index contributed by atoms with van der Waals surface area (Å²) in [6.07, 6.45) is 0.843. The van der Waals surface area contributed by atoms with Crippen molar-refractivity contribution in [3.63, 3.8) is 0 Å². The van der Waals surface area contributed by atoms with E-state index in [0.717, 1.165) is 28.4 Å². The van der Waals surface area contributed by atoms with Gasteiger partial charge in [-0.2, -0.15) is 10.4 Å². The summed E-state index contributed by atoms with van der Waals surface area (Å²) in [5.74, 6) is 1.49. The zero-order valence-electron chi connectivity index (χ0n) is 19.4. The van der Waals surface area contributed by atoms with Crippen molar-refractivity contribution in [2.24, 2.45) is 0 Å². The first kappa shape index (κ1) is 23.1. The van der Waals surface area contributed by atoms with E-state index in [0.29, 0.717) is 36.7 Å². The number of rotatable bonds is 5. The fourth-order valence-corrected chi connectivity index (χ4v) is 4.21. The summed E-state index contributed by atoms with van der Waals surface area (Å²) in [5.41, 5.74) is 2.41. The quantitative estimate of drug-likeness (QED) is 0.457. The molecule has 34 heavy (non-hydrogen) atoms. The van der Waals surface area contributed by atoms with Crippen molar-refractivity contribution < 1.29 is 19.5 Å². The molecule has 0 unspecified atom stereocenters. The van der Waals surface area contributed by atoms with E-state index in [4.69, 9.17) is 14.6 Å². The predicted molar refractivity (Wildman–Crippen MR) is 125 cm³/mol. The van der Waals surface area contributed by atoms with E-state index in [2.05, 4.69) is 6.07 Å². The highest BCUT2D eigenvalue weighted by Gasteiger charge is 2.41. The Morgan fingerprint density at radius 2 is 1.62 bits per heavy atom. The average molecular weight is 462 g/mol. The molecule has 2 aromatic carbocycles. The molecule has 3 aromatic rings. The van der Waals surface area contributed by atoms with Crippen LogP contribution in [-0.4, -0.2) is 65.3 Å². The van der Waals surface area contributed by atoms with E-state index < -0.39 is 11.4 Å². The second kappa shape index (κ2) is 9.45. The lowest BCUT2D eigenvalue weighted by atomic mass is 9.77. The summed E-state index contributed by atoms with van der Waals surface area (Å²) in [6, 6.07) is 19.2. The largest absolute Gasteiger partial charge is 0.497 e. The molecule has 0 aliphatic carbocycles. The topological polar surface area (TPSA) is 104 Å². The maximum atomic E-state index is 12.1. The Morgan fingerprint density at radius 3 is 2.12 bits per heavy atom. The third-order valence-corrected chi connectivity index (χ3v) is 6.28. The molecule has 2 amide bonds. The molecule has 0 saturated carbocycles. The lowest BCUT2D eigenvalue weighted by Gasteiger charge is -2.36. The van der Waals surface area contributed by atoms with Crippen molar-refractivity contribution >= 4 is 6.03 Å². The number of nitriles is 1. The summed E-state index contributed by atoms with van der Waals surface area (Å²) < 4.78 is 12.4. The number of carbonyl (C=O) groups excluding carboxylic acids is 1. The van der Waals surface area contributed by atoms with Crippen LogP contribution >= 0.6 is 0 Å². The Balaban J connectivity index is 1.75. The van der Waals surface area contributed by atoms with Gasteiger partial charge in [-0.3, -0.25) is 5.21 Å². The number of hydroxylamine groups is 2. The minimum atomic E-state index is -0.844. The van der Waals surface area contributed by atoms with Crippen molar-refractivity contribution in [1.82, 2.24) is 19.7 Å². The van der Waals surface area contributed by atoms with Gasteiger partial charge in [-0.1, -0.05) is 0 Å². The number of likely N-dealkylation sites (tertiary alicyclic amines) is 1. The van der Waals surface area contributed by atoms with Gasteiger partial charge in [0.15, 0.2) is 0 Å². The first-order valence-corrected chi connectivity index (χ1v) is 10.9. The third-order valence-electron chi connectivity index (χ3n) is 6.28. The fourth-order valence-electron chi connectivity index (χ4n) is 4.21. The van der Waals surface area contributed by atoms with Crippen molar-refractivity contribution in [2.75, 3.05) is 34.4 Å². The van der Waals surface area contributed by atoms with Gasteiger partial charge in [0, 0.05) is 25.7 Å². The van der Waals surface area contributed by atoms with Gasteiger partial charge in [0.1, 0.15) is 16.9 Å². The standard InChI is InChI=1S/C25H27N5O4/c1-28(32)24(31)29-14-12-25(17-26,13-15-29)23-16-22(18-4-8-20(33-2)9-5-18)30(27-23)19-6-10-21(34-3)11-7-19/h4-11,16,32H,12-15H2,1-3H3. The van der Waals surface area contributed by atoms with E-state index in [1.54, 1.807) is 19.1 Å². The number of hydrogen-bond acceptors (Lipinski definition) is 6. The summed E-state index contributed by atoms with van der Waals surface area (Å²) in [5, 5.41) is 25.2. The Bertz CT molecular complexity index is 1120. The zero-order valence-corrected chi connectivity index (χ0v) is 19.4. The molecule has 1 fully saturated rings. The number of methoxy groups -OCH3 is 2. The molecule has 0 spiro atoms. The molecular formula is C25H27N5O4. The van der Waals surface area contributed by atoms with Crippen LogP contribution in [0.5, 0.6) is 11.5 Å². The summed E-state index contributed by atoms with van der Waals surface area (Å²) in [6.45, 7) is 0.703. The van der Waals surface area contributed by atoms with Gasteiger partial charge in [-0.25, -0.2) is 14.5 Å². The maximum Gasteiger partial charge on any atom is 0.343 e. The molecule has 4 rings (SSSR count). The van der Waals surface area contributed by atoms with E-state index in [1.165, 1.54) is 7.05 Å². The number of amides is 2. The molecule has 176 valence electrons. The lowest BCUT2D eigenvalue weighted by Crippen LogP contribution is -2.48. The van der Waals surface area contributed by atoms with Crippen LogP contribution in [0.25, 0.3) is 16.9 Å². The fraction of sp³-hybridized carbons (Fsp3) is 0.320. The normalized spacial score (nSPS) is 14.9. The summed E-state index contributed by atoms with van der Waals surface area (Å²) in [4.78, 5) is 13.7. The van der Waals surface area contributed by atoms with Gasteiger partial charge in [0.25, 0.3) is 0 Å². The van der Waals surface area contributed by atoms with Crippen LogP contribution in [0.4, 0.5) is 4.79 Å². The number of piperidine rings is 1. The van der Waals surface area contributed by atoms with Crippen LogP contribution in [0.3, 0.4) is 0 Å². The van der Waals surface area contributed by atoms with E-state index in [9.17, 15) is 15.3 Å². The Hall–Kier alpha value is -4.03. The molecule has 1 aliphatic heterocycles. The van der Waals surface area contributed by atoms with Crippen LogP contribution in [0.15, 0.2) is 54.6 Å².